The first-order valence-corrected chi connectivity index (χ1v) is 8.03. The molecule has 0 aliphatic carbocycles. The van der Waals surface area contributed by atoms with Crippen molar-refractivity contribution in [2.24, 2.45) is 5.92 Å². The molecule has 0 spiro atoms. The molecule has 2 atom stereocenters. The van der Waals surface area contributed by atoms with Crippen LogP contribution in [-0.2, 0) is 6.54 Å². The summed E-state index contributed by atoms with van der Waals surface area (Å²) < 4.78 is 0. The smallest absolute Gasteiger partial charge is 0.0634 e. The van der Waals surface area contributed by atoms with Crippen LogP contribution in [0.3, 0.4) is 0 Å². The van der Waals surface area contributed by atoms with Gasteiger partial charge in [-0.25, -0.2) is 0 Å². The van der Waals surface area contributed by atoms with E-state index in [9.17, 15) is 0 Å². The highest BCUT2D eigenvalue weighted by molar-refractivity contribution is 6.31. The van der Waals surface area contributed by atoms with Crippen molar-refractivity contribution >= 4 is 11.6 Å². The largest absolute Gasteiger partial charge is 0.311 e. The molecule has 1 aliphatic heterocycles. The Morgan fingerprint density at radius 3 is 2.95 bits per heavy atom. The highest BCUT2D eigenvalue weighted by Gasteiger charge is 2.27. The fourth-order valence-corrected chi connectivity index (χ4v) is 3.18. The topological polar surface area (TPSA) is 28.2 Å². The van der Waals surface area contributed by atoms with Gasteiger partial charge in [0.2, 0.25) is 0 Å². The lowest BCUT2D eigenvalue weighted by Crippen LogP contribution is -2.56. The van der Waals surface area contributed by atoms with Crippen LogP contribution in [0.4, 0.5) is 0 Å². The first-order valence-electron chi connectivity index (χ1n) is 7.66. The van der Waals surface area contributed by atoms with Crippen molar-refractivity contribution in [1.82, 2.24) is 15.2 Å². The van der Waals surface area contributed by atoms with Gasteiger partial charge in [0.25, 0.3) is 0 Å². The molecule has 3 nitrogen and oxygen atoms in total. The van der Waals surface area contributed by atoms with Crippen LogP contribution >= 0.6 is 11.6 Å². The van der Waals surface area contributed by atoms with Crippen molar-refractivity contribution in [2.75, 3.05) is 13.1 Å². The highest BCUT2D eigenvalue weighted by atomic mass is 35.5. The second-order valence-corrected chi connectivity index (χ2v) is 6.60. The summed E-state index contributed by atoms with van der Waals surface area (Å²) in [6.45, 7) is 9.95. The minimum atomic E-state index is 0.596. The van der Waals surface area contributed by atoms with Crippen LogP contribution in [-0.4, -0.2) is 35.1 Å². The highest BCUT2D eigenvalue weighted by Crippen LogP contribution is 2.21. The van der Waals surface area contributed by atoms with Gasteiger partial charge in [0, 0.05) is 44.1 Å². The standard InChI is InChI=1S/C16H26ClN3/c1-4-15-8-19-14(7-12(2)3)11-20(15)10-13-5-6-18-9-16(13)17/h5-6,9,12,14-15,19H,4,7-8,10-11H2,1-3H3. The van der Waals surface area contributed by atoms with E-state index < -0.39 is 0 Å². The van der Waals surface area contributed by atoms with E-state index in [0.717, 1.165) is 30.6 Å². The number of rotatable bonds is 5. The van der Waals surface area contributed by atoms with Gasteiger partial charge in [-0.05, 0) is 30.4 Å². The van der Waals surface area contributed by atoms with Crippen LogP contribution in [0.1, 0.15) is 39.2 Å². The van der Waals surface area contributed by atoms with Crippen LogP contribution in [0.5, 0.6) is 0 Å². The van der Waals surface area contributed by atoms with Gasteiger partial charge in [-0.15, -0.1) is 0 Å². The third kappa shape index (κ3) is 4.18. The molecule has 112 valence electrons. The second-order valence-electron chi connectivity index (χ2n) is 6.19. The minimum absolute atomic E-state index is 0.596. The maximum absolute atomic E-state index is 6.25. The summed E-state index contributed by atoms with van der Waals surface area (Å²) in [5.41, 5.74) is 1.19. The SMILES string of the molecule is CCC1CNC(CC(C)C)CN1Cc1ccncc1Cl. The Kier molecular flexibility index (Phi) is 5.82. The van der Waals surface area contributed by atoms with Gasteiger partial charge in [0.1, 0.15) is 0 Å². The Morgan fingerprint density at radius 1 is 1.50 bits per heavy atom. The average molecular weight is 296 g/mol. The lowest BCUT2D eigenvalue weighted by Gasteiger charge is -2.41. The second kappa shape index (κ2) is 7.39. The Balaban J connectivity index is 2.03. The first-order chi connectivity index (χ1) is 9.60. The molecule has 0 aromatic carbocycles. The van der Waals surface area contributed by atoms with E-state index in [1.165, 1.54) is 18.4 Å². The molecular formula is C16H26ClN3. The van der Waals surface area contributed by atoms with Gasteiger partial charge in [-0.2, -0.15) is 0 Å². The predicted octanol–water partition coefficient (Wildman–Crippen LogP) is 3.33. The monoisotopic (exact) mass is 295 g/mol. The summed E-state index contributed by atoms with van der Waals surface area (Å²) in [5.74, 6) is 0.733. The Labute approximate surface area is 127 Å². The zero-order valence-electron chi connectivity index (χ0n) is 12.8. The molecule has 1 N–H and O–H groups in total. The number of hydrogen-bond donors (Lipinski definition) is 1. The van der Waals surface area contributed by atoms with Crippen LogP contribution in [0.15, 0.2) is 18.5 Å². The Bertz CT molecular complexity index is 422. The molecular weight excluding hydrogens is 270 g/mol. The van der Waals surface area contributed by atoms with Gasteiger partial charge in [0.15, 0.2) is 0 Å². The molecule has 1 aliphatic rings. The number of nitrogens with zero attached hydrogens (tertiary/aromatic N) is 2. The molecule has 1 aromatic rings. The molecule has 1 aromatic heterocycles. The van der Waals surface area contributed by atoms with Crippen LogP contribution in [0.2, 0.25) is 5.02 Å². The number of hydrogen-bond acceptors (Lipinski definition) is 3. The molecule has 0 saturated carbocycles. The van der Waals surface area contributed by atoms with Gasteiger partial charge in [0.05, 0.1) is 5.02 Å². The maximum atomic E-state index is 6.25. The first kappa shape index (κ1) is 15.7. The number of nitrogens with one attached hydrogen (secondary N) is 1. The molecule has 20 heavy (non-hydrogen) atoms. The molecule has 4 heteroatoms. The van der Waals surface area contributed by atoms with Crippen molar-refractivity contribution < 1.29 is 0 Å². The van der Waals surface area contributed by atoms with E-state index in [2.05, 4.69) is 36.0 Å². The molecule has 0 radical (unpaired) electrons. The van der Waals surface area contributed by atoms with Crippen molar-refractivity contribution in [2.45, 2.75) is 52.2 Å². The van der Waals surface area contributed by atoms with Crippen molar-refractivity contribution in [1.29, 1.82) is 0 Å². The van der Waals surface area contributed by atoms with E-state index in [1.807, 2.05) is 12.3 Å². The average Bonchev–Trinajstić information content (AvgIpc) is 2.41. The quantitative estimate of drug-likeness (QED) is 0.903. The summed E-state index contributed by atoms with van der Waals surface area (Å²) in [6, 6.07) is 3.23. The summed E-state index contributed by atoms with van der Waals surface area (Å²) in [4.78, 5) is 6.64. The summed E-state index contributed by atoms with van der Waals surface area (Å²) >= 11 is 6.25. The zero-order valence-corrected chi connectivity index (χ0v) is 13.5. The van der Waals surface area contributed by atoms with Crippen molar-refractivity contribution in [3.63, 3.8) is 0 Å². The number of aromatic nitrogens is 1. The number of halogens is 1. The Morgan fingerprint density at radius 2 is 2.30 bits per heavy atom. The molecule has 0 amide bonds. The van der Waals surface area contributed by atoms with E-state index in [4.69, 9.17) is 11.6 Å². The number of pyridine rings is 1. The molecule has 1 fully saturated rings. The Hall–Kier alpha value is -0.640. The molecule has 2 unspecified atom stereocenters. The van der Waals surface area contributed by atoms with Crippen molar-refractivity contribution in [3.05, 3.63) is 29.0 Å². The lowest BCUT2D eigenvalue weighted by atomic mass is 9.98. The fraction of sp³-hybridized carbons (Fsp3) is 0.688. The van der Waals surface area contributed by atoms with Crippen molar-refractivity contribution in [3.8, 4) is 0 Å². The summed E-state index contributed by atoms with van der Waals surface area (Å²) in [7, 11) is 0. The molecule has 2 heterocycles. The van der Waals surface area contributed by atoms with Gasteiger partial charge in [-0.1, -0.05) is 32.4 Å². The maximum Gasteiger partial charge on any atom is 0.0634 e. The molecule has 1 saturated heterocycles. The van der Waals surface area contributed by atoms with Gasteiger partial charge in [-0.3, -0.25) is 9.88 Å². The van der Waals surface area contributed by atoms with E-state index in [0.29, 0.717) is 12.1 Å². The van der Waals surface area contributed by atoms with Crippen LogP contribution in [0.25, 0.3) is 0 Å². The van der Waals surface area contributed by atoms with Gasteiger partial charge < -0.3 is 5.32 Å². The molecule has 0 bridgehead atoms. The summed E-state index contributed by atoms with van der Waals surface area (Å²) in [5, 5.41) is 4.47. The molecule has 2 rings (SSSR count). The van der Waals surface area contributed by atoms with E-state index in [1.54, 1.807) is 6.20 Å². The third-order valence-electron chi connectivity index (χ3n) is 4.07. The lowest BCUT2D eigenvalue weighted by molar-refractivity contribution is 0.111. The minimum Gasteiger partial charge on any atom is -0.311 e. The van der Waals surface area contributed by atoms with Crippen LogP contribution in [0, 0.1) is 5.92 Å². The van der Waals surface area contributed by atoms with E-state index in [-0.39, 0.29) is 0 Å². The summed E-state index contributed by atoms with van der Waals surface area (Å²) in [6.07, 6.45) is 5.97. The predicted molar refractivity (Wildman–Crippen MR) is 85.0 cm³/mol. The van der Waals surface area contributed by atoms with Gasteiger partial charge >= 0.3 is 0 Å². The third-order valence-corrected chi connectivity index (χ3v) is 4.41. The zero-order chi connectivity index (χ0) is 14.5. The van der Waals surface area contributed by atoms with E-state index >= 15 is 0 Å². The normalized spacial score (nSPS) is 24.2. The fourth-order valence-electron chi connectivity index (χ4n) is 3.00. The van der Waals surface area contributed by atoms with Crippen LogP contribution < -0.4 is 5.32 Å². The number of piperazine rings is 1.